The standard InChI is InChI=1S/C13H13FN2/c14-13-10-12(15)7-9-16(13)8-6-11-4-2-1-3-5-11/h1-5,7,9-10,15H,6,8H2/p+1. The summed E-state index contributed by atoms with van der Waals surface area (Å²) >= 11 is 0. The van der Waals surface area contributed by atoms with Crippen LogP contribution in [-0.2, 0) is 13.0 Å². The third kappa shape index (κ3) is 2.57. The number of hydrogen-bond donors (Lipinski definition) is 1. The minimum atomic E-state index is -0.295. The van der Waals surface area contributed by atoms with Crippen LogP contribution >= 0.6 is 0 Å². The van der Waals surface area contributed by atoms with Gasteiger partial charge < -0.3 is 5.73 Å². The molecule has 2 N–H and O–H groups in total. The van der Waals surface area contributed by atoms with Crippen molar-refractivity contribution in [1.82, 2.24) is 0 Å². The van der Waals surface area contributed by atoms with Crippen LogP contribution in [0.4, 0.5) is 10.1 Å². The van der Waals surface area contributed by atoms with Crippen LogP contribution in [-0.4, -0.2) is 0 Å². The van der Waals surface area contributed by atoms with Crippen LogP contribution in [0.25, 0.3) is 0 Å². The highest BCUT2D eigenvalue weighted by molar-refractivity contribution is 5.32. The predicted octanol–water partition coefficient (Wildman–Crippen LogP) is 1.94. The Morgan fingerprint density at radius 3 is 2.56 bits per heavy atom. The fraction of sp³-hybridized carbons (Fsp3) is 0.154. The van der Waals surface area contributed by atoms with E-state index in [-0.39, 0.29) is 5.95 Å². The summed E-state index contributed by atoms with van der Waals surface area (Å²) in [5, 5.41) is 0. The summed E-state index contributed by atoms with van der Waals surface area (Å²) in [6, 6.07) is 13.1. The van der Waals surface area contributed by atoms with E-state index < -0.39 is 0 Å². The highest BCUT2D eigenvalue weighted by Gasteiger charge is 2.09. The van der Waals surface area contributed by atoms with Gasteiger partial charge in [-0.1, -0.05) is 30.3 Å². The first-order valence-corrected chi connectivity index (χ1v) is 5.24. The van der Waals surface area contributed by atoms with Crippen molar-refractivity contribution >= 4 is 5.69 Å². The molecule has 0 spiro atoms. The second-order valence-corrected chi connectivity index (χ2v) is 3.71. The van der Waals surface area contributed by atoms with Crippen molar-refractivity contribution in [3.05, 3.63) is 60.2 Å². The molecule has 0 unspecified atom stereocenters. The zero-order chi connectivity index (χ0) is 11.4. The number of halogens is 1. The highest BCUT2D eigenvalue weighted by Crippen LogP contribution is 2.02. The molecule has 0 saturated heterocycles. The van der Waals surface area contributed by atoms with Gasteiger partial charge >= 0.3 is 5.95 Å². The second kappa shape index (κ2) is 4.75. The molecule has 1 aromatic carbocycles. The molecule has 1 heterocycles. The van der Waals surface area contributed by atoms with Gasteiger partial charge in [-0.15, -0.1) is 4.39 Å². The topological polar surface area (TPSA) is 29.9 Å². The summed E-state index contributed by atoms with van der Waals surface area (Å²) < 4.78 is 15.0. The SMILES string of the molecule is Nc1cc[n+](CCc2ccccc2)c(F)c1. The molecule has 0 aliphatic carbocycles. The molecule has 16 heavy (non-hydrogen) atoms. The van der Waals surface area contributed by atoms with Gasteiger partial charge in [0.1, 0.15) is 0 Å². The number of anilines is 1. The van der Waals surface area contributed by atoms with Crippen LogP contribution in [0, 0.1) is 5.95 Å². The summed E-state index contributed by atoms with van der Waals surface area (Å²) in [6.45, 7) is 0.621. The number of nitrogens with two attached hydrogens (primary N) is 1. The molecule has 0 amide bonds. The Morgan fingerprint density at radius 1 is 1.12 bits per heavy atom. The summed E-state index contributed by atoms with van der Waals surface area (Å²) in [5.41, 5.74) is 7.13. The molecule has 0 atom stereocenters. The molecule has 0 bridgehead atoms. The van der Waals surface area contributed by atoms with Gasteiger partial charge in [-0.25, -0.2) is 0 Å². The van der Waals surface area contributed by atoms with Crippen LogP contribution in [0.3, 0.4) is 0 Å². The molecular weight excluding hydrogens is 203 g/mol. The summed E-state index contributed by atoms with van der Waals surface area (Å²) in [4.78, 5) is 0. The summed E-state index contributed by atoms with van der Waals surface area (Å²) in [6.07, 6.45) is 2.49. The van der Waals surface area contributed by atoms with Crippen molar-refractivity contribution in [1.29, 1.82) is 0 Å². The Morgan fingerprint density at radius 2 is 1.88 bits per heavy atom. The van der Waals surface area contributed by atoms with Crippen molar-refractivity contribution in [3.8, 4) is 0 Å². The average molecular weight is 217 g/mol. The van der Waals surface area contributed by atoms with Crippen LogP contribution in [0.15, 0.2) is 48.7 Å². The van der Waals surface area contributed by atoms with Gasteiger partial charge in [0, 0.05) is 18.2 Å². The lowest BCUT2D eigenvalue weighted by Gasteiger charge is -1.99. The van der Waals surface area contributed by atoms with Crippen molar-refractivity contribution < 1.29 is 8.96 Å². The number of nitrogen functional groups attached to an aromatic ring is 1. The number of hydrogen-bond acceptors (Lipinski definition) is 1. The number of aromatic nitrogens is 1. The predicted molar refractivity (Wildman–Crippen MR) is 61.2 cm³/mol. The molecule has 2 rings (SSSR count). The number of pyridine rings is 1. The van der Waals surface area contributed by atoms with Crippen molar-refractivity contribution in [3.63, 3.8) is 0 Å². The second-order valence-electron chi connectivity index (χ2n) is 3.71. The molecule has 82 valence electrons. The Hall–Kier alpha value is -1.90. The van der Waals surface area contributed by atoms with E-state index in [1.54, 1.807) is 16.8 Å². The average Bonchev–Trinajstić information content (AvgIpc) is 2.29. The quantitative estimate of drug-likeness (QED) is 0.618. The van der Waals surface area contributed by atoms with Gasteiger partial charge in [0.05, 0.1) is 6.07 Å². The third-order valence-electron chi connectivity index (χ3n) is 2.49. The normalized spacial score (nSPS) is 10.3. The fourth-order valence-corrected chi connectivity index (χ4v) is 1.59. The maximum absolute atomic E-state index is 13.4. The lowest BCUT2D eigenvalue weighted by atomic mass is 10.1. The van der Waals surface area contributed by atoms with Gasteiger partial charge in [0.15, 0.2) is 12.7 Å². The van der Waals surface area contributed by atoms with Crippen LogP contribution in [0.5, 0.6) is 0 Å². The minimum Gasteiger partial charge on any atom is -0.398 e. The van der Waals surface area contributed by atoms with E-state index in [1.165, 1.54) is 11.6 Å². The Bertz CT molecular complexity index is 469. The number of rotatable bonds is 3. The van der Waals surface area contributed by atoms with E-state index in [4.69, 9.17) is 5.73 Å². The maximum Gasteiger partial charge on any atom is 0.361 e. The maximum atomic E-state index is 13.4. The van der Waals surface area contributed by atoms with E-state index in [9.17, 15) is 4.39 Å². The molecule has 0 fully saturated rings. The van der Waals surface area contributed by atoms with Gasteiger partial charge in [0.2, 0.25) is 0 Å². The summed E-state index contributed by atoms with van der Waals surface area (Å²) in [5.74, 6) is -0.295. The zero-order valence-electron chi connectivity index (χ0n) is 8.94. The molecule has 1 aromatic heterocycles. The molecule has 0 aliphatic heterocycles. The molecular formula is C13H14FN2+. The lowest BCUT2D eigenvalue weighted by Crippen LogP contribution is -2.38. The van der Waals surface area contributed by atoms with E-state index in [2.05, 4.69) is 0 Å². The molecule has 0 aliphatic rings. The van der Waals surface area contributed by atoms with Crippen LogP contribution < -0.4 is 10.3 Å². The lowest BCUT2D eigenvalue weighted by molar-refractivity contribution is -0.723. The monoisotopic (exact) mass is 217 g/mol. The summed E-state index contributed by atoms with van der Waals surface area (Å²) in [7, 11) is 0. The van der Waals surface area contributed by atoms with E-state index >= 15 is 0 Å². The first-order valence-electron chi connectivity index (χ1n) is 5.24. The number of aryl methyl sites for hydroxylation is 2. The first-order chi connectivity index (χ1) is 7.75. The van der Waals surface area contributed by atoms with Crippen LogP contribution in [0.1, 0.15) is 5.56 Å². The number of benzene rings is 1. The van der Waals surface area contributed by atoms with Crippen molar-refractivity contribution in [2.24, 2.45) is 0 Å². The largest absolute Gasteiger partial charge is 0.398 e. The Kier molecular flexibility index (Phi) is 3.15. The Labute approximate surface area is 94.2 Å². The number of nitrogens with zero attached hydrogens (tertiary/aromatic N) is 1. The van der Waals surface area contributed by atoms with Gasteiger partial charge in [-0.3, -0.25) is 0 Å². The van der Waals surface area contributed by atoms with Crippen molar-refractivity contribution in [2.45, 2.75) is 13.0 Å². The Balaban J connectivity index is 2.05. The molecule has 0 radical (unpaired) electrons. The van der Waals surface area contributed by atoms with Gasteiger partial charge in [0.25, 0.3) is 0 Å². The van der Waals surface area contributed by atoms with E-state index in [1.807, 2.05) is 30.3 Å². The molecule has 2 nitrogen and oxygen atoms in total. The van der Waals surface area contributed by atoms with E-state index in [0.29, 0.717) is 12.2 Å². The molecule has 0 saturated carbocycles. The smallest absolute Gasteiger partial charge is 0.361 e. The first kappa shape index (κ1) is 10.6. The van der Waals surface area contributed by atoms with E-state index in [0.717, 1.165) is 6.42 Å². The molecule has 2 aromatic rings. The van der Waals surface area contributed by atoms with Gasteiger partial charge in [-0.2, -0.15) is 4.57 Å². The highest BCUT2D eigenvalue weighted by atomic mass is 19.1. The molecule has 3 heteroatoms. The van der Waals surface area contributed by atoms with Crippen molar-refractivity contribution in [2.75, 3.05) is 5.73 Å². The van der Waals surface area contributed by atoms with Gasteiger partial charge in [-0.05, 0) is 5.56 Å². The fourth-order valence-electron chi connectivity index (χ4n) is 1.59. The minimum absolute atomic E-state index is 0.295. The van der Waals surface area contributed by atoms with Crippen LogP contribution in [0.2, 0.25) is 0 Å². The third-order valence-corrected chi connectivity index (χ3v) is 2.49. The zero-order valence-corrected chi connectivity index (χ0v) is 8.94.